The van der Waals surface area contributed by atoms with Crippen molar-refractivity contribution < 1.29 is 10.1 Å². The van der Waals surface area contributed by atoms with E-state index in [9.17, 15) is 10.1 Å². The molecule has 0 aromatic carbocycles. The zero-order chi connectivity index (χ0) is 15.4. The third-order valence-corrected chi connectivity index (χ3v) is 3.64. The molecule has 0 aliphatic rings. The number of nitrogens with zero attached hydrogens (tertiary/aromatic N) is 4. The molecule has 0 fully saturated rings. The highest BCUT2D eigenvalue weighted by molar-refractivity contribution is 7.09. The van der Waals surface area contributed by atoms with E-state index in [1.807, 2.05) is 17.5 Å². The van der Waals surface area contributed by atoms with Crippen molar-refractivity contribution in [1.29, 1.82) is 0 Å². The summed E-state index contributed by atoms with van der Waals surface area (Å²) in [4.78, 5) is 17.5. The second kappa shape index (κ2) is 6.18. The highest BCUT2D eigenvalue weighted by Gasteiger charge is 2.21. The quantitative estimate of drug-likeness (QED) is 0.286. The molecule has 0 amide bonds. The fraction of sp³-hybridized carbons (Fsp3) is 0.167. The molecule has 21 heavy (non-hydrogen) atoms. The second-order valence-electron chi connectivity index (χ2n) is 4.24. The Morgan fingerprint density at radius 2 is 2.43 bits per heavy atom. The van der Waals surface area contributed by atoms with Crippen molar-refractivity contribution in [3.05, 3.63) is 50.3 Å². The van der Waals surface area contributed by atoms with E-state index in [-0.39, 0.29) is 22.9 Å². The number of hydrogen-bond acceptors (Lipinski definition) is 7. The van der Waals surface area contributed by atoms with Crippen molar-refractivity contribution in [2.75, 3.05) is 11.9 Å². The average Bonchev–Trinajstić information content (AvgIpc) is 2.98. The van der Waals surface area contributed by atoms with Crippen LogP contribution >= 0.6 is 11.3 Å². The molecule has 8 nitrogen and oxygen atoms in total. The van der Waals surface area contributed by atoms with E-state index in [0.29, 0.717) is 6.54 Å². The SMILES string of the molecule is CN(Cc1cccs1)c1ncc(/C(N)=N/O)cc1[N+](=O)[O-]. The van der Waals surface area contributed by atoms with Gasteiger partial charge in [0, 0.05) is 29.8 Å². The van der Waals surface area contributed by atoms with E-state index in [0.717, 1.165) is 4.88 Å². The number of thiophene rings is 1. The Balaban J connectivity index is 2.36. The molecule has 0 bridgehead atoms. The number of amidine groups is 1. The molecular formula is C12H13N5O3S. The third kappa shape index (κ3) is 3.26. The van der Waals surface area contributed by atoms with Gasteiger partial charge in [0.25, 0.3) is 0 Å². The minimum absolute atomic E-state index is 0.192. The number of oxime groups is 1. The Labute approximate surface area is 124 Å². The standard InChI is InChI=1S/C12H13N5O3S/c1-16(7-9-3-2-4-21-9)12-10(17(19)20)5-8(6-14-12)11(13)15-18/h2-6,18H,7H2,1H3,(H2,13,15). The molecule has 0 saturated carbocycles. The van der Waals surface area contributed by atoms with E-state index in [1.54, 1.807) is 23.3 Å². The van der Waals surface area contributed by atoms with Gasteiger partial charge in [0.1, 0.15) is 0 Å². The van der Waals surface area contributed by atoms with E-state index in [4.69, 9.17) is 10.9 Å². The summed E-state index contributed by atoms with van der Waals surface area (Å²) >= 11 is 1.56. The Bertz CT molecular complexity index is 672. The number of anilines is 1. The van der Waals surface area contributed by atoms with E-state index >= 15 is 0 Å². The molecule has 0 spiro atoms. The van der Waals surface area contributed by atoms with Crippen LogP contribution in [0.3, 0.4) is 0 Å². The lowest BCUT2D eigenvalue weighted by molar-refractivity contribution is -0.384. The van der Waals surface area contributed by atoms with Crippen LogP contribution in [0.25, 0.3) is 0 Å². The van der Waals surface area contributed by atoms with Gasteiger partial charge in [-0.2, -0.15) is 0 Å². The minimum Gasteiger partial charge on any atom is -0.409 e. The predicted octanol–water partition coefficient (Wildman–Crippen LogP) is 1.78. The first-order valence-corrected chi connectivity index (χ1v) is 6.76. The highest BCUT2D eigenvalue weighted by Crippen LogP contribution is 2.27. The topological polar surface area (TPSA) is 118 Å². The van der Waals surface area contributed by atoms with Crippen LogP contribution in [-0.4, -0.2) is 28.0 Å². The van der Waals surface area contributed by atoms with Gasteiger partial charge in [0.2, 0.25) is 5.82 Å². The maximum absolute atomic E-state index is 11.2. The normalized spacial score (nSPS) is 11.4. The first-order valence-electron chi connectivity index (χ1n) is 5.88. The van der Waals surface area contributed by atoms with Crippen LogP contribution in [0.4, 0.5) is 11.5 Å². The van der Waals surface area contributed by atoms with Crippen LogP contribution in [0.15, 0.2) is 34.9 Å². The molecule has 9 heteroatoms. The Hall–Kier alpha value is -2.68. The minimum atomic E-state index is -0.540. The predicted molar refractivity (Wildman–Crippen MR) is 79.8 cm³/mol. The number of nitrogens with two attached hydrogens (primary N) is 1. The first kappa shape index (κ1) is 14.7. The highest BCUT2D eigenvalue weighted by atomic mass is 32.1. The summed E-state index contributed by atoms with van der Waals surface area (Å²) in [5.74, 6) is 0.000879. The molecule has 0 aliphatic carbocycles. The van der Waals surface area contributed by atoms with Gasteiger partial charge < -0.3 is 15.8 Å². The lowest BCUT2D eigenvalue weighted by Crippen LogP contribution is -2.20. The van der Waals surface area contributed by atoms with Crippen molar-refractivity contribution in [2.24, 2.45) is 10.9 Å². The van der Waals surface area contributed by atoms with Gasteiger partial charge >= 0.3 is 5.69 Å². The van der Waals surface area contributed by atoms with Crippen LogP contribution in [0.1, 0.15) is 10.4 Å². The summed E-state index contributed by atoms with van der Waals surface area (Å²) in [5.41, 5.74) is 5.42. The van der Waals surface area contributed by atoms with Gasteiger partial charge in [-0.3, -0.25) is 10.1 Å². The van der Waals surface area contributed by atoms with Crippen LogP contribution in [0, 0.1) is 10.1 Å². The molecule has 2 aromatic heterocycles. The smallest absolute Gasteiger partial charge is 0.312 e. The molecule has 2 aromatic rings. The number of aromatic nitrogens is 1. The fourth-order valence-corrected chi connectivity index (χ4v) is 2.54. The van der Waals surface area contributed by atoms with Crippen LogP contribution < -0.4 is 10.6 Å². The number of hydrogen-bond donors (Lipinski definition) is 2. The monoisotopic (exact) mass is 307 g/mol. The lowest BCUT2D eigenvalue weighted by atomic mass is 10.2. The van der Waals surface area contributed by atoms with E-state index in [2.05, 4.69) is 10.1 Å². The first-order chi connectivity index (χ1) is 10.0. The van der Waals surface area contributed by atoms with Crippen molar-refractivity contribution in [1.82, 2.24) is 4.98 Å². The number of rotatable bonds is 5. The van der Waals surface area contributed by atoms with Crippen LogP contribution in [-0.2, 0) is 6.54 Å². The summed E-state index contributed by atoms with van der Waals surface area (Å²) in [6, 6.07) is 5.09. The molecule has 2 heterocycles. The molecule has 2 rings (SSSR count). The van der Waals surface area contributed by atoms with Crippen molar-refractivity contribution >= 4 is 28.7 Å². The van der Waals surface area contributed by atoms with Crippen molar-refractivity contribution in [2.45, 2.75) is 6.54 Å². The number of nitro groups is 1. The summed E-state index contributed by atoms with van der Waals surface area (Å²) in [7, 11) is 1.72. The largest absolute Gasteiger partial charge is 0.409 e. The van der Waals surface area contributed by atoms with Gasteiger partial charge in [0.15, 0.2) is 5.84 Å². The van der Waals surface area contributed by atoms with Gasteiger partial charge in [-0.1, -0.05) is 11.2 Å². The van der Waals surface area contributed by atoms with Crippen LogP contribution in [0.5, 0.6) is 0 Å². The average molecular weight is 307 g/mol. The molecule has 3 N–H and O–H groups in total. The summed E-state index contributed by atoms with van der Waals surface area (Å²) in [5, 5.41) is 24.6. The van der Waals surface area contributed by atoms with Crippen LogP contribution in [0.2, 0.25) is 0 Å². The van der Waals surface area contributed by atoms with E-state index in [1.165, 1.54) is 12.3 Å². The zero-order valence-corrected chi connectivity index (χ0v) is 11.9. The molecular weight excluding hydrogens is 294 g/mol. The number of pyridine rings is 1. The Kier molecular flexibility index (Phi) is 4.33. The van der Waals surface area contributed by atoms with E-state index < -0.39 is 4.92 Å². The summed E-state index contributed by atoms with van der Waals surface area (Å²) < 4.78 is 0. The molecule has 0 saturated heterocycles. The molecule has 0 aliphatic heterocycles. The molecule has 0 atom stereocenters. The maximum atomic E-state index is 11.2. The van der Waals surface area contributed by atoms with Crippen molar-refractivity contribution in [3.63, 3.8) is 0 Å². The summed E-state index contributed by atoms with van der Waals surface area (Å²) in [6.07, 6.45) is 1.34. The van der Waals surface area contributed by atoms with Gasteiger partial charge in [-0.25, -0.2) is 4.98 Å². The zero-order valence-electron chi connectivity index (χ0n) is 11.1. The molecule has 110 valence electrons. The van der Waals surface area contributed by atoms with Crippen molar-refractivity contribution in [3.8, 4) is 0 Å². The maximum Gasteiger partial charge on any atom is 0.312 e. The fourth-order valence-electron chi connectivity index (χ4n) is 1.78. The van der Waals surface area contributed by atoms with Gasteiger partial charge in [-0.15, -0.1) is 11.3 Å². The second-order valence-corrected chi connectivity index (χ2v) is 5.28. The molecule has 0 unspecified atom stereocenters. The Morgan fingerprint density at radius 1 is 1.67 bits per heavy atom. The van der Waals surface area contributed by atoms with Gasteiger partial charge in [0.05, 0.1) is 11.5 Å². The Morgan fingerprint density at radius 3 is 3.00 bits per heavy atom. The van der Waals surface area contributed by atoms with Gasteiger partial charge in [-0.05, 0) is 11.4 Å². The summed E-state index contributed by atoms with van der Waals surface area (Å²) in [6.45, 7) is 0.508. The third-order valence-electron chi connectivity index (χ3n) is 2.78. The molecule has 0 radical (unpaired) electrons. The lowest BCUT2D eigenvalue weighted by Gasteiger charge is -2.17.